The van der Waals surface area contributed by atoms with E-state index in [0.29, 0.717) is 6.04 Å². The van der Waals surface area contributed by atoms with Crippen LogP contribution >= 0.6 is 0 Å². The van der Waals surface area contributed by atoms with Crippen molar-refractivity contribution < 1.29 is 0 Å². The minimum atomic E-state index is 0.583. The Morgan fingerprint density at radius 1 is 1.29 bits per heavy atom. The maximum Gasteiger partial charge on any atom is 0.0350 e. The monoisotopic (exact) mass is 233 g/mol. The van der Waals surface area contributed by atoms with Crippen LogP contribution in [-0.4, -0.2) is 36.1 Å². The van der Waals surface area contributed by atoms with Gasteiger partial charge in [0, 0.05) is 44.6 Å². The molecule has 94 valence electrons. The predicted molar refractivity (Wildman–Crippen MR) is 70.9 cm³/mol. The number of unbranched alkanes of at least 4 members (excludes halogenated alkanes) is 1. The van der Waals surface area contributed by atoms with Crippen molar-refractivity contribution >= 4 is 0 Å². The normalized spacial score (nSPS) is 19.1. The molecule has 17 heavy (non-hydrogen) atoms. The van der Waals surface area contributed by atoms with Crippen LogP contribution in [0.2, 0.25) is 0 Å². The Hall–Kier alpha value is -0.930. The van der Waals surface area contributed by atoms with Crippen LogP contribution in [0.1, 0.15) is 37.8 Å². The highest BCUT2D eigenvalue weighted by atomic mass is 15.2. The molecule has 1 aromatic heterocycles. The van der Waals surface area contributed by atoms with Crippen LogP contribution in [-0.2, 0) is 0 Å². The topological polar surface area (TPSA) is 28.2 Å². The van der Waals surface area contributed by atoms with Crippen molar-refractivity contribution in [2.75, 3.05) is 26.2 Å². The van der Waals surface area contributed by atoms with Crippen LogP contribution in [0.15, 0.2) is 24.5 Å². The molecule has 1 N–H and O–H groups in total. The third-order valence-electron chi connectivity index (χ3n) is 3.51. The van der Waals surface area contributed by atoms with Crippen molar-refractivity contribution in [1.29, 1.82) is 0 Å². The molecule has 0 radical (unpaired) electrons. The molecular weight excluding hydrogens is 210 g/mol. The van der Waals surface area contributed by atoms with Crippen molar-refractivity contribution in [3.05, 3.63) is 30.1 Å². The summed E-state index contributed by atoms with van der Waals surface area (Å²) in [4.78, 5) is 6.73. The largest absolute Gasteiger partial charge is 0.314 e. The van der Waals surface area contributed by atoms with E-state index in [1.165, 1.54) is 24.8 Å². The van der Waals surface area contributed by atoms with Gasteiger partial charge in [-0.05, 0) is 24.1 Å². The highest BCUT2D eigenvalue weighted by Gasteiger charge is 2.21. The zero-order valence-corrected chi connectivity index (χ0v) is 10.7. The molecule has 0 bridgehead atoms. The molecule has 0 aromatic carbocycles. The summed E-state index contributed by atoms with van der Waals surface area (Å²) >= 11 is 0. The van der Waals surface area contributed by atoms with Gasteiger partial charge in [-0.1, -0.05) is 19.8 Å². The summed E-state index contributed by atoms with van der Waals surface area (Å²) in [6.07, 6.45) is 7.66. The van der Waals surface area contributed by atoms with Crippen molar-refractivity contribution in [3.8, 4) is 0 Å². The number of nitrogens with zero attached hydrogens (tertiary/aromatic N) is 2. The Labute approximate surface area is 104 Å². The van der Waals surface area contributed by atoms with E-state index in [1.54, 1.807) is 0 Å². The van der Waals surface area contributed by atoms with Crippen LogP contribution in [0.4, 0.5) is 0 Å². The molecule has 0 amide bonds. The SMILES string of the molecule is CCCC[C@H](c1ccncc1)N1CCNCC1. The van der Waals surface area contributed by atoms with Crippen molar-refractivity contribution in [1.82, 2.24) is 15.2 Å². The second-order valence-electron chi connectivity index (χ2n) is 4.72. The zero-order valence-electron chi connectivity index (χ0n) is 10.7. The van der Waals surface area contributed by atoms with Gasteiger partial charge in [0.25, 0.3) is 0 Å². The molecule has 2 heterocycles. The Morgan fingerprint density at radius 2 is 2.00 bits per heavy atom. The third kappa shape index (κ3) is 3.51. The Bertz CT molecular complexity index is 307. The molecule has 0 spiro atoms. The lowest BCUT2D eigenvalue weighted by atomic mass is 10.00. The van der Waals surface area contributed by atoms with Gasteiger partial charge in [0.2, 0.25) is 0 Å². The molecule has 3 nitrogen and oxygen atoms in total. The standard InChI is InChI=1S/C14H23N3/c1-2-3-4-14(13-5-7-15-8-6-13)17-11-9-16-10-12-17/h5-8,14,16H,2-4,9-12H2,1H3/t14-/m1/s1. The van der Waals surface area contributed by atoms with E-state index in [-0.39, 0.29) is 0 Å². The summed E-state index contributed by atoms with van der Waals surface area (Å²) in [5.41, 5.74) is 1.43. The zero-order chi connectivity index (χ0) is 11.9. The molecular formula is C14H23N3. The average molecular weight is 233 g/mol. The van der Waals surface area contributed by atoms with Gasteiger partial charge in [-0.15, -0.1) is 0 Å². The van der Waals surface area contributed by atoms with Gasteiger partial charge in [-0.3, -0.25) is 9.88 Å². The summed E-state index contributed by atoms with van der Waals surface area (Å²) in [6.45, 7) is 6.83. The number of hydrogen-bond acceptors (Lipinski definition) is 3. The van der Waals surface area contributed by atoms with Crippen molar-refractivity contribution in [2.24, 2.45) is 0 Å². The average Bonchev–Trinajstić information content (AvgIpc) is 2.42. The molecule has 2 rings (SSSR count). The molecule has 1 aliphatic rings. The quantitative estimate of drug-likeness (QED) is 0.845. The van der Waals surface area contributed by atoms with Gasteiger partial charge < -0.3 is 5.32 Å². The van der Waals surface area contributed by atoms with E-state index in [2.05, 4.69) is 34.3 Å². The van der Waals surface area contributed by atoms with E-state index >= 15 is 0 Å². The summed E-state index contributed by atoms with van der Waals surface area (Å²) < 4.78 is 0. The number of aromatic nitrogens is 1. The minimum absolute atomic E-state index is 0.583. The van der Waals surface area contributed by atoms with E-state index in [0.717, 1.165) is 26.2 Å². The lowest BCUT2D eigenvalue weighted by Crippen LogP contribution is -2.45. The second kappa shape index (κ2) is 6.72. The fourth-order valence-corrected chi connectivity index (χ4v) is 2.54. The van der Waals surface area contributed by atoms with Crippen LogP contribution < -0.4 is 5.32 Å². The lowest BCUT2D eigenvalue weighted by Gasteiger charge is -2.35. The highest BCUT2D eigenvalue weighted by molar-refractivity contribution is 5.15. The Morgan fingerprint density at radius 3 is 2.65 bits per heavy atom. The van der Waals surface area contributed by atoms with E-state index in [1.807, 2.05) is 12.4 Å². The molecule has 1 aromatic rings. The van der Waals surface area contributed by atoms with Gasteiger partial charge in [0.05, 0.1) is 0 Å². The molecule has 1 saturated heterocycles. The number of pyridine rings is 1. The fourth-order valence-electron chi connectivity index (χ4n) is 2.54. The second-order valence-corrected chi connectivity index (χ2v) is 4.72. The number of nitrogens with one attached hydrogen (secondary N) is 1. The van der Waals surface area contributed by atoms with Crippen molar-refractivity contribution in [2.45, 2.75) is 32.2 Å². The van der Waals surface area contributed by atoms with Crippen LogP contribution in [0.3, 0.4) is 0 Å². The number of piperazine rings is 1. The first kappa shape index (κ1) is 12.5. The van der Waals surface area contributed by atoms with Gasteiger partial charge >= 0.3 is 0 Å². The van der Waals surface area contributed by atoms with Gasteiger partial charge in [0.1, 0.15) is 0 Å². The van der Waals surface area contributed by atoms with Crippen molar-refractivity contribution in [3.63, 3.8) is 0 Å². The smallest absolute Gasteiger partial charge is 0.0350 e. The molecule has 0 aliphatic carbocycles. The maximum atomic E-state index is 4.12. The van der Waals surface area contributed by atoms with Gasteiger partial charge in [0.15, 0.2) is 0 Å². The summed E-state index contributed by atoms with van der Waals surface area (Å²) in [5.74, 6) is 0. The predicted octanol–water partition coefficient (Wildman–Crippen LogP) is 2.22. The number of hydrogen-bond donors (Lipinski definition) is 1. The van der Waals surface area contributed by atoms with E-state index in [9.17, 15) is 0 Å². The molecule has 1 fully saturated rings. The Balaban J connectivity index is 2.06. The van der Waals surface area contributed by atoms with E-state index < -0.39 is 0 Å². The molecule has 0 unspecified atom stereocenters. The van der Waals surface area contributed by atoms with Crippen LogP contribution in [0.25, 0.3) is 0 Å². The van der Waals surface area contributed by atoms with Crippen LogP contribution in [0.5, 0.6) is 0 Å². The molecule has 0 saturated carbocycles. The van der Waals surface area contributed by atoms with Gasteiger partial charge in [-0.25, -0.2) is 0 Å². The van der Waals surface area contributed by atoms with E-state index in [4.69, 9.17) is 0 Å². The van der Waals surface area contributed by atoms with Crippen LogP contribution in [0, 0.1) is 0 Å². The molecule has 3 heteroatoms. The van der Waals surface area contributed by atoms with Gasteiger partial charge in [-0.2, -0.15) is 0 Å². The maximum absolute atomic E-state index is 4.12. The number of rotatable bonds is 5. The fraction of sp³-hybridized carbons (Fsp3) is 0.643. The third-order valence-corrected chi connectivity index (χ3v) is 3.51. The minimum Gasteiger partial charge on any atom is -0.314 e. The molecule has 1 atom stereocenters. The first-order chi connectivity index (χ1) is 8.42. The summed E-state index contributed by atoms with van der Waals surface area (Å²) in [6, 6.07) is 4.92. The highest BCUT2D eigenvalue weighted by Crippen LogP contribution is 2.26. The first-order valence-electron chi connectivity index (χ1n) is 6.76. The molecule has 1 aliphatic heterocycles. The lowest BCUT2D eigenvalue weighted by molar-refractivity contribution is 0.163. The summed E-state index contributed by atoms with van der Waals surface area (Å²) in [5, 5.41) is 3.42. The Kier molecular flexibility index (Phi) is 4.95. The first-order valence-corrected chi connectivity index (χ1v) is 6.76. The summed E-state index contributed by atoms with van der Waals surface area (Å²) in [7, 11) is 0.